The Labute approximate surface area is 132 Å². The topological polar surface area (TPSA) is 69.4 Å². The highest BCUT2D eigenvalue weighted by molar-refractivity contribution is 6.31. The molecule has 2 rings (SSSR count). The van der Waals surface area contributed by atoms with E-state index in [1.807, 2.05) is 0 Å². The Kier molecular flexibility index (Phi) is 5.12. The Hall–Kier alpha value is -2.40. The average Bonchev–Trinajstić information content (AvgIpc) is 2.69. The van der Waals surface area contributed by atoms with Crippen molar-refractivity contribution in [3.05, 3.63) is 80.2 Å². The molecule has 1 aliphatic rings. The molecule has 114 valence electrons. The van der Waals surface area contributed by atoms with E-state index in [4.69, 9.17) is 16.3 Å². The van der Waals surface area contributed by atoms with Gasteiger partial charge in [0.25, 0.3) is 5.70 Å². The lowest BCUT2D eigenvalue weighted by atomic mass is 10.0. The van der Waals surface area contributed by atoms with Gasteiger partial charge in [0.2, 0.25) is 0 Å². The number of hydrogen-bond acceptors (Lipinski definition) is 4. The number of hydrogen-bond donors (Lipinski definition) is 0. The van der Waals surface area contributed by atoms with Gasteiger partial charge in [0, 0.05) is 17.0 Å². The first-order chi connectivity index (χ1) is 10.5. The Balaban J connectivity index is 2.16. The van der Waals surface area contributed by atoms with Crippen molar-refractivity contribution in [3.63, 3.8) is 0 Å². The SMILES string of the molecule is COC1=C([N+](=O)[O-])CC=C(CC(=O)c2cccc(Cl)c2)C=C1. The number of benzene rings is 1. The molecule has 0 radical (unpaired) electrons. The zero-order chi connectivity index (χ0) is 16.1. The minimum atomic E-state index is -0.471. The molecule has 5 nitrogen and oxygen atoms in total. The number of nitro groups is 1. The van der Waals surface area contributed by atoms with Crippen LogP contribution in [0.4, 0.5) is 0 Å². The monoisotopic (exact) mass is 319 g/mol. The van der Waals surface area contributed by atoms with Crippen LogP contribution in [0.15, 0.2) is 59.5 Å². The summed E-state index contributed by atoms with van der Waals surface area (Å²) in [4.78, 5) is 22.7. The first kappa shape index (κ1) is 16.0. The molecule has 0 saturated carbocycles. The van der Waals surface area contributed by atoms with E-state index in [-0.39, 0.29) is 30.1 Å². The first-order valence-electron chi connectivity index (χ1n) is 6.58. The van der Waals surface area contributed by atoms with E-state index in [1.165, 1.54) is 13.2 Å². The fraction of sp³-hybridized carbons (Fsp3) is 0.188. The molecule has 22 heavy (non-hydrogen) atoms. The molecule has 0 heterocycles. The molecular weight excluding hydrogens is 306 g/mol. The van der Waals surface area contributed by atoms with Crippen LogP contribution in [0.3, 0.4) is 0 Å². The molecule has 0 saturated heterocycles. The van der Waals surface area contributed by atoms with Crippen LogP contribution in [-0.4, -0.2) is 17.8 Å². The summed E-state index contributed by atoms with van der Waals surface area (Å²) in [5, 5.41) is 11.5. The zero-order valence-corrected chi connectivity index (χ0v) is 12.7. The molecule has 0 aromatic heterocycles. The quantitative estimate of drug-likeness (QED) is 0.468. The molecule has 1 aromatic carbocycles. The summed E-state index contributed by atoms with van der Waals surface area (Å²) < 4.78 is 5.01. The number of nitrogens with zero attached hydrogens (tertiary/aromatic N) is 1. The normalized spacial score (nSPS) is 14.4. The fourth-order valence-electron chi connectivity index (χ4n) is 2.11. The molecule has 1 aromatic rings. The molecule has 6 heteroatoms. The second-order valence-corrected chi connectivity index (χ2v) is 5.14. The predicted molar refractivity (Wildman–Crippen MR) is 83.3 cm³/mol. The lowest BCUT2D eigenvalue weighted by molar-refractivity contribution is -0.429. The van der Waals surface area contributed by atoms with Gasteiger partial charge >= 0.3 is 0 Å². The number of halogens is 1. The third-order valence-electron chi connectivity index (χ3n) is 3.24. The minimum absolute atomic E-state index is 0.0241. The number of carbonyl (C=O) groups excluding carboxylic acids is 1. The van der Waals surface area contributed by atoms with Gasteiger partial charge in [0.15, 0.2) is 11.5 Å². The molecular formula is C16H14ClNO4. The standard InChI is InChI=1S/C16H14ClNO4/c1-22-16-8-6-11(5-7-14(16)18(20)21)9-15(19)12-3-2-4-13(17)10-12/h2-6,8,10H,7,9H2,1H3. The van der Waals surface area contributed by atoms with Gasteiger partial charge < -0.3 is 4.74 Å². The van der Waals surface area contributed by atoms with Gasteiger partial charge in [-0.2, -0.15) is 0 Å². The molecule has 0 atom stereocenters. The van der Waals surface area contributed by atoms with Crippen molar-refractivity contribution in [3.8, 4) is 0 Å². The predicted octanol–water partition coefficient (Wildman–Crippen LogP) is 3.93. The summed E-state index contributed by atoms with van der Waals surface area (Å²) in [6, 6.07) is 6.70. The summed E-state index contributed by atoms with van der Waals surface area (Å²) in [6.07, 6.45) is 5.11. The van der Waals surface area contributed by atoms with E-state index in [9.17, 15) is 14.9 Å². The van der Waals surface area contributed by atoms with E-state index < -0.39 is 4.92 Å². The van der Waals surface area contributed by atoms with Gasteiger partial charge in [0.1, 0.15) is 0 Å². The number of rotatable bonds is 5. The van der Waals surface area contributed by atoms with Crippen LogP contribution in [-0.2, 0) is 4.74 Å². The summed E-state index contributed by atoms with van der Waals surface area (Å²) >= 11 is 5.87. The zero-order valence-electron chi connectivity index (χ0n) is 11.9. The number of carbonyl (C=O) groups is 1. The van der Waals surface area contributed by atoms with Gasteiger partial charge in [-0.05, 0) is 23.8 Å². The van der Waals surface area contributed by atoms with Crippen LogP contribution in [0.2, 0.25) is 5.02 Å². The molecule has 0 amide bonds. The van der Waals surface area contributed by atoms with Crippen LogP contribution in [0, 0.1) is 10.1 Å². The third kappa shape index (κ3) is 3.83. The highest BCUT2D eigenvalue weighted by atomic mass is 35.5. The summed E-state index contributed by atoms with van der Waals surface area (Å²) in [5.41, 5.74) is 1.20. The molecule has 1 aliphatic carbocycles. The van der Waals surface area contributed by atoms with E-state index in [2.05, 4.69) is 0 Å². The Bertz CT molecular complexity index is 704. The lowest BCUT2D eigenvalue weighted by Crippen LogP contribution is -2.02. The second-order valence-electron chi connectivity index (χ2n) is 4.70. The number of Topliss-reactive ketones (excluding diaryl/α,β-unsaturated/α-hetero) is 1. The molecule has 0 aliphatic heterocycles. The van der Waals surface area contributed by atoms with E-state index in [0.29, 0.717) is 16.2 Å². The van der Waals surface area contributed by atoms with Crippen LogP contribution >= 0.6 is 11.6 Å². The smallest absolute Gasteiger partial charge is 0.291 e. The van der Waals surface area contributed by atoms with Crippen molar-refractivity contribution in [1.29, 1.82) is 0 Å². The molecule has 0 spiro atoms. The maximum atomic E-state index is 12.2. The Morgan fingerprint density at radius 3 is 2.82 bits per heavy atom. The van der Waals surface area contributed by atoms with E-state index in [0.717, 1.165) is 0 Å². The average molecular weight is 320 g/mol. The molecule has 0 unspecified atom stereocenters. The highest BCUT2D eigenvalue weighted by Crippen LogP contribution is 2.22. The Morgan fingerprint density at radius 2 is 2.18 bits per heavy atom. The van der Waals surface area contributed by atoms with Crippen molar-refractivity contribution in [1.82, 2.24) is 0 Å². The molecule has 0 bridgehead atoms. The maximum absolute atomic E-state index is 12.2. The highest BCUT2D eigenvalue weighted by Gasteiger charge is 2.19. The van der Waals surface area contributed by atoms with Crippen LogP contribution in [0.1, 0.15) is 23.2 Å². The third-order valence-corrected chi connectivity index (χ3v) is 3.48. The van der Waals surface area contributed by atoms with E-state index >= 15 is 0 Å². The van der Waals surface area contributed by atoms with Crippen molar-refractivity contribution >= 4 is 17.4 Å². The van der Waals surface area contributed by atoms with Crippen LogP contribution in [0.25, 0.3) is 0 Å². The maximum Gasteiger partial charge on any atom is 0.291 e. The summed E-state index contributed by atoms with van der Waals surface area (Å²) in [7, 11) is 1.38. The Morgan fingerprint density at radius 1 is 1.41 bits per heavy atom. The largest absolute Gasteiger partial charge is 0.490 e. The molecule has 0 N–H and O–H groups in total. The van der Waals surface area contributed by atoms with Gasteiger partial charge in [-0.1, -0.05) is 35.9 Å². The van der Waals surface area contributed by atoms with Gasteiger partial charge in [-0.3, -0.25) is 14.9 Å². The molecule has 0 fully saturated rings. The summed E-state index contributed by atoms with van der Waals surface area (Å²) in [6.45, 7) is 0. The van der Waals surface area contributed by atoms with Gasteiger partial charge in [-0.25, -0.2) is 0 Å². The number of allylic oxidation sites excluding steroid dienone is 4. The van der Waals surface area contributed by atoms with Crippen molar-refractivity contribution in [2.45, 2.75) is 12.8 Å². The van der Waals surface area contributed by atoms with Crippen molar-refractivity contribution in [2.75, 3.05) is 7.11 Å². The van der Waals surface area contributed by atoms with Crippen LogP contribution < -0.4 is 0 Å². The lowest BCUT2D eigenvalue weighted by Gasteiger charge is -2.02. The van der Waals surface area contributed by atoms with Crippen LogP contribution in [0.5, 0.6) is 0 Å². The van der Waals surface area contributed by atoms with Crippen molar-refractivity contribution in [2.24, 2.45) is 0 Å². The number of ether oxygens (including phenoxy) is 1. The van der Waals surface area contributed by atoms with Crippen molar-refractivity contribution < 1.29 is 14.5 Å². The first-order valence-corrected chi connectivity index (χ1v) is 6.96. The number of ketones is 1. The summed E-state index contributed by atoms with van der Waals surface area (Å²) in [5.74, 6) is 0.105. The number of methoxy groups -OCH3 is 1. The minimum Gasteiger partial charge on any atom is -0.490 e. The van der Waals surface area contributed by atoms with Gasteiger partial charge in [0.05, 0.1) is 18.5 Å². The fourth-order valence-corrected chi connectivity index (χ4v) is 2.30. The van der Waals surface area contributed by atoms with E-state index in [1.54, 1.807) is 36.4 Å². The second kappa shape index (κ2) is 7.04. The van der Waals surface area contributed by atoms with Gasteiger partial charge in [-0.15, -0.1) is 0 Å².